The maximum atomic E-state index is 14.8. The molecule has 0 aliphatic carbocycles. The Morgan fingerprint density at radius 2 is 1.83 bits per heavy atom. The van der Waals surface area contributed by atoms with Crippen LogP contribution in [0.2, 0.25) is 0 Å². The van der Waals surface area contributed by atoms with E-state index in [1.165, 1.54) is 4.90 Å². The summed E-state index contributed by atoms with van der Waals surface area (Å²) in [5.41, 5.74) is 0.933. The van der Waals surface area contributed by atoms with Gasteiger partial charge in [-0.3, -0.25) is 9.88 Å². The van der Waals surface area contributed by atoms with E-state index < -0.39 is 30.5 Å². The summed E-state index contributed by atoms with van der Waals surface area (Å²) in [6, 6.07) is 15.4. The van der Waals surface area contributed by atoms with Crippen LogP contribution in [0.4, 0.5) is 18.0 Å². The third-order valence-electron chi connectivity index (χ3n) is 8.50. The van der Waals surface area contributed by atoms with Crippen LogP contribution in [0.15, 0.2) is 79.1 Å². The van der Waals surface area contributed by atoms with Gasteiger partial charge in [0.2, 0.25) is 0 Å². The Bertz CT molecular complexity index is 1370. The number of benzene rings is 2. The zero-order valence-electron chi connectivity index (χ0n) is 23.1. The number of carbonyl (C=O) groups excluding carboxylic acids is 1. The maximum absolute atomic E-state index is 14.8. The molecule has 2 aromatic carbocycles. The lowest BCUT2D eigenvalue weighted by molar-refractivity contribution is 0.0776. The number of aliphatic hydroxyl groups is 1. The summed E-state index contributed by atoms with van der Waals surface area (Å²) in [7, 11) is 1.73. The summed E-state index contributed by atoms with van der Waals surface area (Å²) in [4.78, 5) is 23.6. The first kappa shape index (κ1) is 28.8. The summed E-state index contributed by atoms with van der Waals surface area (Å²) < 4.78 is 43.1. The molecule has 3 heterocycles. The van der Waals surface area contributed by atoms with Crippen molar-refractivity contribution in [3.63, 3.8) is 0 Å². The molecule has 2 amide bonds. The molecule has 0 radical (unpaired) electrons. The quantitative estimate of drug-likeness (QED) is 0.418. The number of halogens is 3. The van der Waals surface area contributed by atoms with Gasteiger partial charge in [0.1, 0.15) is 23.8 Å². The molecule has 216 valence electrons. The molecule has 2 aliphatic rings. The van der Waals surface area contributed by atoms with E-state index >= 15 is 0 Å². The first-order valence-electron chi connectivity index (χ1n) is 13.9. The SMILES string of the molecule is CN(C(=O)N1CC(c2cc(F)ccc2F)=C[C@@]1(CO)c1ccccc1)C1CCC(CF)N(Cc2ccncc2)CC1. The molecule has 2 aliphatic heterocycles. The summed E-state index contributed by atoms with van der Waals surface area (Å²) in [5, 5.41) is 10.8. The number of hydrogen-bond acceptors (Lipinski definition) is 4. The molecule has 0 spiro atoms. The van der Waals surface area contributed by atoms with Crippen LogP contribution in [0.3, 0.4) is 0 Å². The van der Waals surface area contributed by atoms with Crippen LogP contribution in [0, 0.1) is 11.6 Å². The molecule has 5 rings (SSSR count). The predicted octanol–water partition coefficient (Wildman–Crippen LogP) is 5.39. The number of aliphatic hydroxyl groups excluding tert-OH is 1. The van der Waals surface area contributed by atoms with Gasteiger partial charge in [-0.05, 0) is 72.4 Å². The number of urea groups is 1. The highest BCUT2D eigenvalue weighted by molar-refractivity contribution is 5.83. The third-order valence-corrected chi connectivity index (χ3v) is 8.50. The Balaban J connectivity index is 1.41. The lowest BCUT2D eigenvalue weighted by atomic mass is 9.89. The van der Waals surface area contributed by atoms with Gasteiger partial charge in [-0.25, -0.2) is 18.0 Å². The van der Waals surface area contributed by atoms with E-state index in [0.29, 0.717) is 43.5 Å². The highest BCUT2D eigenvalue weighted by Crippen LogP contribution is 2.41. The zero-order valence-corrected chi connectivity index (χ0v) is 23.1. The Morgan fingerprint density at radius 1 is 1.07 bits per heavy atom. The van der Waals surface area contributed by atoms with Crippen molar-refractivity contribution in [3.8, 4) is 0 Å². The number of nitrogens with zero attached hydrogens (tertiary/aromatic N) is 4. The second kappa shape index (κ2) is 12.4. The Hall–Kier alpha value is -3.69. The molecule has 1 aromatic heterocycles. The lowest BCUT2D eigenvalue weighted by Gasteiger charge is -2.41. The number of hydrogen-bond donors (Lipinski definition) is 1. The van der Waals surface area contributed by atoms with Crippen molar-refractivity contribution >= 4 is 11.6 Å². The molecule has 9 heteroatoms. The molecular formula is C32H35F3N4O2. The van der Waals surface area contributed by atoms with Crippen molar-refractivity contribution < 1.29 is 23.1 Å². The smallest absolute Gasteiger partial charge is 0.321 e. The fraction of sp³-hybridized carbons (Fsp3) is 0.375. The molecule has 2 unspecified atom stereocenters. The van der Waals surface area contributed by atoms with E-state index in [1.807, 2.05) is 42.5 Å². The molecule has 3 atom stereocenters. The van der Waals surface area contributed by atoms with Crippen molar-refractivity contribution in [2.75, 3.05) is 33.4 Å². The van der Waals surface area contributed by atoms with E-state index in [0.717, 1.165) is 23.8 Å². The fourth-order valence-electron chi connectivity index (χ4n) is 6.10. The minimum absolute atomic E-state index is 0.00695. The molecule has 0 bridgehead atoms. The van der Waals surface area contributed by atoms with Crippen molar-refractivity contribution in [1.82, 2.24) is 19.7 Å². The van der Waals surface area contributed by atoms with Gasteiger partial charge in [-0.15, -0.1) is 0 Å². The summed E-state index contributed by atoms with van der Waals surface area (Å²) in [5.74, 6) is -1.19. The standard InChI is InChI=1S/C32H35F3N4O2/c1-37(27-8-9-28(19-33)38(16-13-27)20-23-11-14-36-15-12-23)31(41)39-21-24(29-17-26(34)7-10-30(29)35)18-32(39,22-40)25-5-3-2-4-6-25/h2-7,10-12,14-15,17-18,27-28,40H,8-9,13,16,19-22H2,1H3/t27?,28?,32-/m1/s1. The van der Waals surface area contributed by atoms with E-state index in [-0.39, 0.29) is 30.2 Å². The summed E-state index contributed by atoms with van der Waals surface area (Å²) >= 11 is 0. The number of aromatic nitrogens is 1. The topological polar surface area (TPSA) is 59.9 Å². The molecule has 1 N–H and O–H groups in total. The molecule has 1 saturated heterocycles. The van der Waals surface area contributed by atoms with Gasteiger partial charge in [0.15, 0.2) is 0 Å². The van der Waals surface area contributed by atoms with Crippen LogP contribution < -0.4 is 0 Å². The van der Waals surface area contributed by atoms with Crippen LogP contribution in [-0.4, -0.2) is 76.3 Å². The Kier molecular flexibility index (Phi) is 8.75. The normalized spacial score (nSPS) is 23.2. The van der Waals surface area contributed by atoms with E-state index in [9.17, 15) is 23.1 Å². The third kappa shape index (κ3) is 5.87. The van der Waals surface area contributed by atoms with Gasteiger partial charge in [-0.1, -0.05) is 30.3 Å². The Morgan fingerprint density at radius 3 is 2.54 bits per heavy atom. The van der Waals surface area contributed by atoms with Gasteiger partial charge >= 0.3 is 6.03 Å². The van der Waals surface area contributed by atoms with Crippen molar-refractivity contribution in [1.29, 1.82) is 0 Å². The van der Waals surface area contributed by atoms with Gasteiger partial charge in [0.05, 0.1) is 6.61 Å². The largest absolute Gasteiger partial charge is 0.393 e. The molecule has 41 heavy (non-hydrogen) atoms. The molecule has 1 fully saturated rings. The second-order valence-corrected chi connectivity index (χ2v) is 10.9. The summed E-state index contributed by atoms with van der Waals surface area (Å²) in [6.07, 6.45) is 6.98. The first-order valence-corrected chi connectivity index (χ1v) is 13.9. The van der Waals surface area contributed by atoms with Gasteiger partial charge in [0, 0.05) is 56.7 Å². The first-order chi connectivity index (χ1) is 19.9. The van der Waals surface area contributed by atoms with Crippen molar-refractivity contribution in [2.45, 2.75) is 43.4 Å². The number of carbonyl (C=O) groups is 1. The zero-order chi connectivity index (χ0) is 29.0. The van der Waals surface area contributed by atoms with E-state index in [4.69, 9.17) is 0 Å². The van der Waals surface area contributed by atoms with Crippen LogP contribution in [0.5, 0.6) is 0 Å². The molecular weight excluding hydrogens is 529 g/mol. The monoisotopic (exact) mass is 564 g/mol. The minimum Gasteiger partial charge on any atom is -0.393 e. The Labute approximate surface area is 238 Å². The van der Waals surface area contributed by atoms with Gasteiger partial charge in [0.25, 0.3) is 0 Å². The number of alkyl halides is 1. The average Bonchev–Trinajstić information content (AvgIpc) is 3.29. The molecule has 3 aromatic rings. The predicted molar refractivity (Wildman–Crippen MR) is 151 cm³/mol. The van der Waals surface area contributed by atoms with E-state index in [1.54, 1.807) is 30.4 Å². The van der Waals surface area contributed by atoms with E-state index in [2.05, 4.69) is 9.88 Å². The molecule has 0 saturated carbocycles. The molecule has 6 nitrogen and oxygen atoms in total. The van der Waals surface area contributed by atoms with Gasteiger partial charge < -0.3 is 14.9 Å². The number of amides is 2. The van der Waals surface area contributed by atoms with Crippen molar-refractivity contribution in [2.24, 2.45) is 0 Å². The second-order valence-electron chi connectivity index (χ2n) is 10.9. The van der Waals surface area contributed by atoms with Gasteiger partial charge in [-0.2, -0.15) is 0 Å². The summed E-state index contributed by atoms with van der Waals surface area (Å²) in [6.45, 7) is 0.288. The van der Waals surface area contributed by atoms with Crippen LogP contribution >= 0.6 is 0 Å². The minimum atomic E-state index is -1.26. The number of likely N-dealkylation sites (tertiary alicyclic amines) is 1. The average molecular weight is 565 g/mol. The number of rotatable bonds is 7. The lowest BCUT2D eigenvalue weighted by Crippen LogP contribution is -2.54. The fourth-order valence-corrected chi connectivity index (χ4v) is 6.10. The van der Waals surface area contributed by atoms with Crippen LogP contribution in [0.25, 0.3) is 5.57 Å². The van der Waals surface area contributed by atoms with Crippen LogP contribution in [-0.2, 0) is 12.1 Å². The van der Waals surface area contributed by atoms with Crippen LogP contribution in [0.1, 0.15) is 36.0 Å². The van der Waals surface area contributed by atoms with Crippen molar-refractivity contribution in [3.05, 3.63) is 107 Å². The highest BCUT2D eigenvalue weighted by Gasteiger charge is 2.46. The number of pyridine rings is 1. The highest BCUT2D eigenvalue weighted by atomic mass is 19.1. The maximum Gasteiger partial charge on any atom is 0.321 e.